The van der Waals surface area contributed by atoms with Gasteiger partial charge in [-0.25, -0.2) is 4.79 Å². The van der Waals surface area contributed by atoms with Crippen LogP contribution in [0.5, 0.6) is 6.01 Å². The van der Waals surface area contributed by atoms with Crippen LogP contribution in [0.3, 0.4) is 0 Å². The van der Waals surface area contributed by atoms with Gasteiger partial charge < -0.3 is 29.5 Å². The lowest BCUT2D eigenvalue weighted by atomic mass is 10.1. The van der Waals surface area contributed by atoms with Gasteiger partial charge in [0.05, 0.1) is 24.2 Å². The van der Waals surface area contributed by atoms with Crippen molar-refractivity contribution in [3.63, 3.8) is 0 Å². The molecule has 36 heavy (non-hydrogen) atoms. The number of likely N-dealkylation sites (N-methyl/N-ethyl adjacent to an activating group) is 1. The smallest absolute Gasteiger partial charge is 0.410 e. The fourth-order valence-corrected chi connectivity index (χ4v) is 5.19. The summed E-state index contributed by atoms with van der Waals surface area (Å²) in [5, 5.41) is 12.8. The number of carbonyl (C=O) groups excluding carboxylic acids is 1. The van der Waals surface area contributed by atoms with Gasteiger partial charge in [0.2, 0.25) is 0 Å². The van der Waals surface area contributed by atoms with Gasteiger partial charge >= 0.3 is 12.1 Å². The third kappa shape index (κ3) is 5.37. The summed E-state index contributed by atoms with van der Waals surface area (Å²) >= 11 is 0. The molecule has 1 amide bonds. The van der Waals surface area contributed by atoms with E-state index in [2.05, 4.69) is 33.2 Å². The number of aromatic nitrogens is 2. The predicted octanol–water partition coefficient (Wildman–Crippen LogP) is 2.29. The molecule has 1 aromatic carbocycles. The molecule has 0 aliphatic carbocycles. The Morgan fingerprint density at radius 2 is 2.03 bits per heavy atom. The largest absolute Gasteiger partial charge is 0.462 e. The number of piperazine rings is 1. The molecule has 1 aromatic heterocycles. The van der Waals surface area contributed by atoms with Crippen LogP contribution in [-0.4, -0.2) is 77.8 Å². The maximum Gasteiger partial charge on any atom is 0.410 e. The van der Waals surface area contributed by atoms with E-state index in [-0.39, 0.29) is 19.1 Å². The highest BCUT2D eigenvalue weighted by atomic mass is 16.6. The van der Waals surface area contributed by atoms with Crippen LogP contribution in [0.2, 0.25) is 0 Å². The predicted molar refractivity (Wildman–Crippen MR) is 133 cm³/mol. The van der Waals surface area contributed by atoms with Gasteiger partial charge in [-0.05, 0) is 32.0 Å². The number of nitrogens with one attached hydrogen (secondary N) is 1. The highest BCUT2D eigenvalue weighted by Gasteiger charge is 2.34. The topological polar surface area (TPSA) is 107 Å². The average molecular weight is 492 g/mol. The normalized spacial score (nSPS) is 21.8. The summed E-state index contributed by atoms with van der Waals surface area (Å²) in [6, 6.07) is 12.3. The van der Waals surface area contributed by atoms with Gasteiger partial charge in [0.25, 0.3) is 0 Å². The molecule has 10 nitrogen and oxygen atoms in total. The third-order valence-electron chi connectivity index (χ3n) is 7.27. The maximum atomic E-state index is 12.9. The van der Waals surface area contributed by atoms with Crippen LogP contribution in [-0.2, 0) is 24.4 Å². The number of likely N-dealkylation sites (tertiary alicyclic amines) is 1. The van der Waals surface area contributed by atoms with Crippen LogP contribution in [0, 0.1) is 11.3 Å². The van der Waals surface area contributed by atoms with Crippen molar-refractivity contribution < 1.29 is 14.3 Å². The SMILES string of the molecule is CN1CCCC1COc1nc2c(c(N3CCN(C(=O)OCc4ccccc4)C(CC#N)C3)n1)CNC2. The highest BCUT2D eigenvalue weighted by Crippen LogP contribution is 2.30. The van der Waals surface area contributed by atoms with Crippen molar-refractivity contribution in [1.82, 2.24) is 25.1 Å². The van der Waals surface area contributed by atoms with Crippen molar-refractivity contribution in [2.75, 3.05) is 44.7 Å². The van der Waals surface area contributed by atoms with E-state index in [0.29, 0.717) is 51.4 Å². The fourth-order valence-electron chi connectivity index (χ4n) is 5.19. The fraction of sp³-hybridized carbons (Fsp3) is 0.538. The second kappa shape index (κ2) is 11.1. The number of anilines is 1. The van der Waals surface area contributed by atoms with E-state index in [1.165, 1.54) is 6.42 Å². The summed E-state index contributed by atoms with van der Waals surface area (Å²) < 4.78 is 11.6. The standard InChI is InChI=1S/C26H33N7O3/c1-31-11-5-8-21(31)18-35-25-29-23-15-28-14-22(23)24(30-25)32-12-13-33(20(16-32)9-10-27)26(34)36-17-19-6-3-2-4-7-19/h2-4,6-7,20-21,28H,5,8-9,11-18H2,1H3. The van der Waals surface area contributed by atoms with Gasteiger partial charge in [0.15, 0.2) is 0 Å². The van der Waals surface area contributed by atoms with Crippen molar-refractivity contribution in [3.05, 3.63) is 47.2 Å². The summed E-state index contributed by atoms with van der Waals surface area (Å²) in [7, 11) is 2.12. The van der Waals surface area contributed by atoms with E-state index in [9.17, 15) is 10.1 Å². The molecule has 2 fully saturated rings. The van der Waals surface area contributed by atoms with Gasteiger partial charge in [-0.1, -0.05) is 30.3 Å². The molecule has 10 heteroatoms. The first-order chi connectivity index (χ1) is 17.6. The molecule has 5 rings (SSSR count). The summed E-state index contributed by atoms with van der Waals surface area (Å²) in [6.45, 7) is 4.79. The van der Waals surface area contributed by atoms with Gasteiger partial charge in [0.1, 0.15) is 19.0 Å². The Hall–Kier alpha value is -3.42. The first-order valence-electron chi connectivity index (χ1n) is 12.6. The van der Waals surface area contributed by atoms with Crippen molar-refractivity contribution in [2.24, 2.45) is 0 Å². The number of carbonyl (C=O) groups is 1. The van der Waals surface area contributed by atoms with E-state index in [1.807, 2.05) is 30.3 Å². The van der Waals surface area contributed by atoms with E-state index in [1.54, 1.807) is 4.90 Å². The zero-order valence-electron chi connectivity index (χ0n) is 20.7. The number of nitrogens with zero attached hydrogens (tertiary/aromatic N) is 6. The summed E-state index contributed by atoms with van der Waals surface area (Å²) in [5.74, 6) is 0.833. The molecule has 0 saturated carbocycles. The van der Waals surface area contributed by atoms with Crippen molar-refractivity contribution in [2.45, 2.75) is 51.0 Å². The molecule has 1 N–H and O–H groups in total. The number of amides is 1. The van der Waals surface area contributed by atoms with Gasteiger partial charge in [-0.3, -0.25) is 0 Å². The molecule has 2 unspecified atom stereocenters. The van der Waals surface area contributed by atoms with E-state index in [4.69, 9.17) is 14.5 Å². The second-order valence-electron chi connectivity index (χ2n) is 9.64. The number of rotatable bonds is 7. The Morgan fingerprint density at radius 1 is 1.17 bits per heavy atom. The number of nitriles is 1. The van der Waals surface area contributed by atoms with Crippen LogP contribution in [0.25, 0.3) is 0 Å². The van der Waals surface area contributed by atoms with Gasteiger partial charge in [-0.15, -0.1) is 0 Å². The van der Waals surface area contributed by atoms with E-state index < -0.39 is 6.09 Å². The summed E-state index contributed by atoms with van der Waals surface area (Å²) in [4.78, 5) is 28.5. The minimum absolute atomic E-state index is 0.209. The minimum atomic E-state index is -0.391. The number of hydrogen-bond donors (Lipinski definition) is 1. The molecule has 0 bridgehead atoms. The van der Waals surface area contributed by atoms with Crippen molar-refractivity contribution in [3.8, 4) is 12.1 Å². The van der Waals surface area contributed by atoms with Crippen LogP contribution in [0.1, 0.15) is 36.1 Å². The lowest BCUT2D eigenvalue weighted by Crippen LogP contribution is -2.55. The number of benzene rings is 1. The third-order valence-corrected chi connectivity index (χ3v) is 7.27. The van der Waals surface area contributed by atoms with Gasteiger partial charge in [0, 0.05) is 44.3 Å². The zero-order valence-corrected chi connectivity index (χ0v) is 20.7. The maximum absolute atomic E-state index is 12.9. The molecular weight excluding hydrogens is 458 g/mol. The lowest BCUT2D eigenvalue weighted by Gasteiger charge is -2.40. The van der Waals surface area contributed by atoms with Crippen LogP contribution >= 0.6 is 0 Å². The first-order valence-corrected chi connectivity index (χ1v) is 12.6. The lowest BCUT2D eigenvalue weighted by molar-refractivity contribution is 0.0767. The molecule has 0 radical (unpaired) electrons. The Labute approximate surface area is 211 Å². The number of hydrogen-bond acceptors (Lipinski definition) is 9. The number of fused-ring (bicyclic) bond motifs is 1. The molecule has 3 aliphatic rings. The van der Waals surface area contributed by atoms with Gasteiger partial charge in [-0.2, -0.15) is 15.2 Å². The summed E-state index contributed by atoms with van der Waals surface area (Å²) in [6.07, 6.45) is 2.13. The number of ether oxygens (including phenoxy) is 2. The Bertz CT molecular complexity index is 1110. The second-order valence-corrected chi connectivity index (χ2v) is 9.64. The molecular formula is C26H33N7O3. The minimum Gasteiger partial charge on any atom is -0.462 e. The highest BCUT2D eigenvalue weighted by molar-refractivity contribution is 5.69. The average Bonchev–Trinajstić information content (AvgIpc) is 3.55. The molecule has 190 valence electrons. The molecule has 3 aliphatic heterocycles. The monoisotopic (exact) mass is 491 g/mol. The molecule has 4 heterocycles. The van der Waals surface area contributed by atoms with E-state index in [0.717, 1.165) is 35.6 Å². The van der Waals surface area contributed by atoms with Crippen LogP contribution < -0.4 is 15.0 Å². The Morgan fingerprint density at radius 3 is 2.81 bits per heavy atom. The Balaban J connectivity index is 1.28. The van der Waals surface area contributed by atoms with E-state index >= 15 is 0 Å². The molecule has 2 aromatic rings. The van der Waals surface area contributed by atoms with Crippen molar-refractivity contribution in [1.29, 1.82) is 5.26 Å². The molecule has 2 saturated heterocycles. The molecule has 0 spiro atoms. The van der Waals surface area contributed by atoms with Crippen LogP contribution in [0.4, 0.5) is 10.6 Å². The van der Waals surface area contributed by atoms with Crippen LogP contribution in [0.15, 0.2) is 30.3 Å². The summed E-state index contributed by atoms with van der Waals surface area (Å²) in [5.41, 5.74) is 2.95. The molecule has 2 atom stereocenters. The van der Waals surface area contributed by atoms with Crippen molar-refractivity contribution >= 4 is 11.9 Å². The zero-order chi connectivity index (χ0) is 24.9. The first kappa shape index (κ1) is 24.3. The Kier molecular flexibility index (Phi) is 7.49. The quantitative estimate of drug-likeness (QED) is 0.624.